The number of hydrogen-bond acceptors (Lipinski definition) is 5. The molecule has 2 heterocycles. The van der Waals surface area contributed by atoms with E-state index in [1.54, 1.807) is 0 Å². The van der Waals surface area contributed by atoms with Gasteiger partial charge in [-0.25, -0.2) is 0 Å². The number of rotatable bonds is 8. The van der Waals surface area contributed by atoms with Crippen LogP contribution in [0.5, 0.6) is 0 Å². The molecule has 2 aliphatic heterocycles. The fraction of sp³-hybridized carbons (Fsp3) is 0.520. The second-order valence-corrected chi connectivity index (χ2v) is 15.2. The lowest BCUT2D eigenvalue weighted by atomic mass is 9.99. The van der Waals surface area contributed by atoms with Gasteiger partial charge in [0.15, 0.2) is 12.6 Å². The summed E-state index contributed by atoms with van der Waals surface area (Å²) in [5.74, 6) is 0. The maximum atomic E-state index is 6.37. The van der Waals surface area contributed by atoms with Gasteiger partial charge in [0.1, 0.15) is 12.2 Å². The van der Waals surface area contributed by atoms with Crippen molar-refractivity contribution >= 4 is 8.07 Å². The highest BCUT2D eigenvalue weighted by Gasteiger charge is 2.45. The van der Waals surface area contributed by atoms with E-state index in [0.717, 1.165) is 23.8 Å². The van der Waals surface area contributed by atoms with Gasteiger partial charge in [-0.3, -0.25) is 0 Å². The van der Waals surface area contributed by atoms with Crippen LogP contribution in [0, 0.1) is 0 Å². The molecule has 0 aromatic heterocycles. The van der Waals surface area contributed by atoms with Gasteiger partial charge in [0.2, 0.25) is 0 Å². The summed E-state index contributed by atoms with van der Waals surface area (Å²) in [4.78, 5) is 0. The molecule has 0 amide bonds. The largest absolute Gasteiger partial charge is 0.371 e. The Bertz CT molecular complexity index is 795. The summed E-state index contributed by atoms with van der Waals surface area (Å²) in [5.41, 5.74) is 2.16. The standard InChI is InChI=1S/C25H34O5Si/c1-31(2,3)15-14-26-23-16-21(27-17-19-10-6-4-7-11-19)24-22(29-23)18-28-25(30-24)20-12-8-5-9-13-20/h4-13,21-25H,14-18H2,1-3H3/t21-,22-,23?,24+,25?/m1/s1. The fourth-order valence-electron chi connectivity index (χ4n) is 3.89. The minimum absolute atomic E-state index is 0.119. The Morgan fingerprint density at radius 2 is 1.61 bits per heavy atom. The zero-order chi connectivity index (χ0) is 21.7. The summed E-state index contributed by atoms with van der Waals surface area (Å²) in [6.45, 7) is 8.78. The third-order valence-electron chi connectivity index (χ3n) is 5.71. The van der Waals surface area contributed by atoms with Crippen LogP contribution in [-0.2, 0) is 30.3 Å². The lowest BCUT2D eigenvalue weighted by Gasteiger charge is -2.45. The van der Waals surface area contributed by atoms with Gasteiger partial charge in [-0.1, -0.05) is 80.3 Å². The molecule has 0 aliphatic carbocycles. The van der Waals surface area contributed by atoms with Crippen molar-refractivity contribution in [2.45, 2.75) is 69.6 Å². The van der Waals surface area contributed by atoms with Gasteiger partial charge in [0.25, 0.3) is 0 Å². The number of benzene rings is 2. The zero-order valence-electron chi connectivity index (χ0n) is 18.7. The van der Waals surface area contributed by atoms with Crippen molar-refractivity contribution in [3.63, 3.8) is 0 Å². The van der Waals surface area contributed by atoms with Gasteiger partial charge in [0, 0.05) is 26.7 Å². The molecule has 0 spiro atoms. The molecule has 0 saturated carbocycles. The van der Waals surface area contributed by atoms with Gasteiger partial charge < -0.3 is 23.7 Å². The van der Waals surface area contributed by atoms with Crippen molar-refractivity contribution in [3.8, 4) is 0 Å². The molecule has 2 aromatic carbocycles. The molecule has 2 saturated heterocycles. The van der Waals surface area contributed by atoms with E-state index in [-0.39, 0.29) is 24.6 Å². The van der Waals surface area contributed by atoms with Crippen LogP contribution >= 0.6 is 0 Å². The zero-order valence-corrected chi connectivity index (χ0v) is 19.7. The second kappa shape index (κ2) is 10.4. The lowest BCUT2D eigenvalue weighted by Crippen LogP contribution is -2.56. The molecule has 2 unspecified atom stereocenters. The Morgan fingerprint density at radius 3 is 2.32 bits per heavy atom. The number of fused-ring (bicyclic) bond motifs is 1. The average Bonchev–Trinajstić information content (AvgIpc) is 2.77. The molecular weight excluding hydrogens is 408 g/mol. The van der Waals surface area contributed by atoms with Crippen molar-refractivity contribution in [1.29, 1.82) is 0 Å². The van der Waals surface area contributed by atoms with E-state index in [4.69, 9.17) is 23.7 Å². The van der Waals surface area contributed by atoms with Crippen molar-refractivity contribution in [3.05, 3.63) is 71.8 Å². The van der Waals surface area contributed by atoms with Gasteiger partial charge in [-0.2, -0.15) is 0 Å². The molecule has 2 aliphatic rings. The molecule has 6 heteroatoms. The Balaban J connectivity index is 1.43. The van der Waals surface area contributed by atoms with E-state index in [0.29, 0.717) is 19.6 Å². The van der Waals surface area contributed by atoms with Crippen LogP contribution in [0.1, 0.15) is 23.8 Å². The predicted octanol–water partition coefficient (Wildman–Crippen LogP) is 5.16. The summed E-state index contributed by atoms with van der Waals surface area (Å²) in [6, 6.07) is 21.4. The maximum Gasteiger partial charge on any atom is 0.184 e. The van der Waals surface area contributed by atoms with Crippen molar-refractivity contribution in [2.75, 3.05) is 13.2 Å². The third kappa shape index (κ3) is 6.48. The molecule has 5 nitrogen and oxygen atoms in total. The number of hydrogen-bond donors (Lipinski definition) is 0. The summed E-state index contributed by atoms with van der Waals surface area (Å²) >= 11 is 0. The van der Waals surface area contributed by atoms with Crippen LogP contribution in [0.25, 0.3) is 0 Å². The second-order valence-electron chi connectivity index (χ2n) is 9.53. The summed E-state index contributed by atoms with van der Waals surface area (Å²) < 4.78 is 31.1. The van der Waals surface area contributed by atoms with Crippen LogP contribution < -0.4 is 0 Å². The number of ether oxygens (including phenoxy) is 5. The predicted molar refractivity (Wildman–Crippen MR) is 122 cm³/mol. The van der Waals surface area contributed by atoms with E-state index >= 15 is 0 Å². The van der Waals surface area contributed by atoms with Crippen molar-refractivity contribution in [2.24, 2.45) is 0 Å². The summed E-state index contributed by atoms with van der Waals surface area (Å²) in [6.07, 6.45) is -0.560. The Kier molecular flexibility index (Phi) is 7.58. The van der Waals surface area contributed by atoms with Crippen LogP contribution in [0.4, 0.5) is 0 Å². The molecular formula is C25H34O5Si. The minimum Gasteiger partial charge on any atom is -0.371 e. The minimum atomic E-state index is -1.16. The SMILES string of the molecule is C[Si](C)(C)CCOC1C[C@@H](OCc2ccccc2)[C@@H]2OC(c3ccccc3)OC[C@H]2O1. The first kappa shape index (κ1) is 22.6. The van der Waals surface area contributed by atoms with Crippen LogP contribution in [-0.4, -0.2) is 45.9 Å². The molecule has 0 radical (unpaired) electrons. The van der Waals surface area contributed by atoms with Crippen LogP contribution in [0.15, 0.2) is 60.7 Å². The molecule has 0 bridgehead atoms. The summed E-state index contributed by atoms with van der Waals surface area (Å²) in [5, 5.41) is 0. The summed E-state index contributed by atoms with van der Waals surface area (Å²) in [7, 11) is -1.16. The van der Waals surface area contributed by atoms with Gasteiger partial charge in [-0.15, -0.1) is 0 Å². The smallest absolute Gasteiger partial charge is 0.184 e. The highest BCUT2D eigenvalue weighted by Crippen LogP contribution is 2.35. The third-order valence-corrected chi connectivity index (χ3v) is 7.42. The monoisotopic (exact) mass is 442 g/mol. The Hall–Kier alpha value is -1.54. The van der Waals surface area contributed by atoms with Crippen molar-refractivity contribution in [1.82, 2.24) is 0 Å². The molecule has 4 rings (SSSR count). The van der Waals surface area contributed by atoms with E-state index in [9.17, 15) is 0 Å². The van der Waals surface area contributed by atoms with Crippen LogP contribution in [0.3, 0.4) is 0 Å². The Labute approximate surface area is 186 Å². The molecule has 5 atom stereocenters. The first-order valence-corrected chi connectivity index (χ1v) is 14.9. The topological polar surface area (TPSA) is 46.2 Å². The van der Waals surface area contributed by atoms with E-state index in [2.05, 4.69) is 31.8 Å². The van der Waals surface area contributed by atoms with Gasteiger partial charge in [0.05, 0.1) is 19.3 Å². The maximum absolute atomic E-state index is 6.37. The molecule has 168 valence electrons. The van der Waals surface area contributed by atoms with E-state index in [1.807, 2.05) is 48.5 Å². The first-order valence-electron chi connectivity index (χ1n) is 11.2. The molecule has 31 heavy (non-hydrogen) atoms. The average molecular weight is 443 g/mol. The lowest BCUT2D eigenvalue weighted by molar-refractivity contribution is -0.342. The van der Waals surface area contributed by atoms with Crippen LogP contribution in [0.2, 0.25) is 25.7 Å². The Morgan fingerprint density at radius 1 is 0.903 bits per heavy atom. The molecule has 0 N–H and O–H groups in total. The van der Waals surface area contributed by atoms with Gasteiger partial charge in [-0.05, 0) is 11.6 Å². The van der Waals surface area contributed by atoms with Crippen molar-refractivity contribution < 1.29 is 23.7 Å². The first-order chi connectivity index (χ1) is 15.0. The quantitative estimate of drug-likeness (QED) is 0.529. The van der Waals surface area contributed by atoms with E-state index < -0.39 is 14.4 Å². The highest BCUT2D eigenvalue weighted by molar-refractivity contribution is 6.76. The normalized spacial score (nSPS) is 28.8. The molecule has 2 aromatic rings. The molecule has 2 fully saturated rings. The fourth-order valence-corrected chi connectivity index (χ4v) is 4.62. The van der Waals surface area contributed by atoms with E-state index in [1.165, 1.54) is 0 Å². The highest BCUT2D eigenvalue weighted by atomic mass is 28.3. The van der Waals surface area contributed by atoms with Gasteiger partial charge >= 0.3 is 0 Å².